The van der Waals surface area contributed by atoms with Gasteiger partial charge >= 0.3 is 11.9 Å². The van der Waals surface area contributed by atoms with Gasteiger partial charge in [-0.2, -0.15) is 0 Å². The van der Waals surface area contributed by atoms with Gasteiger partial charge in [0.25, 0.3) is 0 Å². The molecule has 362 valence electrons. The number of aryl methyl sites for hydroxylation is 2. The highest BCUT2D eigenvalue weighted by Crippen LogP contribution is 2.34. The van der Waals surface area contributed by atoms with Gasteiger partial charge in [-0.15, -0.1) is 20.4 Å². The maximum atomic E-state index is 13.2. The molecule has 0 aliphatic carbocycles. The zero-order valence-electron chi connectivity index (χ0n) is 39.5. The lowest BCUT2D eigenvalue weighted by Gasteiger charge is -2.36. The molecule has 0 saturated carbocycles. The first-order valence-electron chi connectivity index (χ1n) is 23.4. The van der Waals surface area contributed by atoms with Crippen molar-refractivity contribution in [2.45, 2.75) is 79.3 Å². The Bertz CT molecular complexity index is 2720. The van der Waals surface area contributed by atoms with E-state index in [9.17, 15) is 19.2 Å². The molecule has 17 heteroatoms. The fourth-order valence-corrected chi connectivity index (χ4v) is 10.4. The minimum Gasteiger partial charge on any atom is -0.481 e. The van der Waals surface area contributed by atoms with Crippen LogP contribution in [0, 0.1) is 25.7 Å². The molecule has 0 spiro atoms. The first-order chi connectivity index (χ1) is 33.3. The molecule has 2 fully saturated rings. The van der Waals surface area contributed by atoms with Crippen LogP contribution < -0.4 is 9.80 Å². The number of carboxylic acids is 2. The molecule has 2 aromatic heterocycles. The second-order valence-corrected chi connectivity index (χ2v) is 20.1. The summed E-state index contributed by atoms with van der Waals surface area (Å²) in [6.45, 7) is 13.3. The molecule has 2 aliphatic rings. The number of hydrogen-bond acceptors (Lipinski definition) is 12. The van der Waals surface area contributed by atoms with E-state index in [1.807, 2.05) is 74.5 Å². The van der Waals surface area contributed by atoms with Gasteiger partial charge < -0.3 is 10.2 Å². The topological polar surface area (TPSA) is 173 Å². The summed E-state index contributed by atoms with van der Waals surface area (Å²) in [5, 5.41) is 39.1. The van der Waals surface area contributed by atoms with Gasteiger partial charge in [0, 0.05) is 68.5 Å². The van der Waals surface area contributed by atoms with Gasteiger partial charge in [-0.3, -0.25) is 38.8 Å². The lowest BCUT2D eigenvalue weighted by molar-refractivity contribution is -0.148. The summed E-state index contributed by atoms with van der Waals surface area (Å²) in [5.74, 6) is -1.96. The van der Waals surface area contributed by atoms with Crippen LogP contribution in [0.5, 0.6) is 0 Å². The van der Waals surface area contributed by atoms with Crippen LogP contribution in [0.4, 0.5) is 10.3 Å². The average Bonchev–Trinajstić information content (AvgIpc) is 3.98. The van der Waals surface area contributed by atoms with Gasteiger partial charge in [0.05, 0.1) is 24.7 Å². The molecule has 69 heavy (non-hydrogen) atoms. The molecule has 2 N–H and O–H groups in total. The van der Waals surface area contributed by atoms with Crippen molar-refractivity contribution in [1.29, 1.82) is 0 Å². The number of benzene rings is 4. The Hall–Kier alpha value is -5.91. The molecule has 2 saturated heterocycles. The molecule has 0 bridgehead atoms. The molecule has 0 unspecified atom stereocenters. The third-order valence-electron chi connectivity index (χ3n) is 12.3. The molecule has 14 nitrogen and oxygen atoms in total. The Balaban J connectivity index is 0.000000204. The van der Waals surface area contributed by atoms with Crippen molar-refractivity contribution >= 4 is 68.3 Å². The molecule has 0 atom stereocenters. The zero-order chi connectivity index (χ0) is 49.0. The molecular weight excluding hydrogens is 932 g/mol. The van der Waals surface area contributed by atoms with Crippen molar-refractivity contribution in [3.63, 3.8) is 0 Å². The van der Waals surface area contributed by atoms with E-state index >= 15 is 0 Å². The van der Waals surface area contributed by atoms with Crippen LogP contribution in [0.15, 0.2) is 91.0 Å². The monoisotopic (exact) mass is 990 g/mol. The third-order valence-corrected chi connectivity index (χ3v) is 14.7. The normalized spacial score (nSPS) is 14.0. The van der Waals surface area contributed by atoms with Crippen molar-refractivity contribution in [3.8, 4) is 21.1 Å². The molecule has 4 heterocycles. The molecule has 6 aromatic rings. The number of unbranched alkanes of at least 4 members (excludes halogenated alkanes) is 2. The van der Waals surface area contributed by atoms with E-state index < -0.39 is 11.9 Å². The number of likely N-dealkylation sites (tertiary alicyclic amines) is 2. The third kappa shape index (κ3) is 13.5. The smallest absolute Gasteiger partial charge is 0.309 e. The quantitative estimate of drug-likeness (QED) is 0.0743. The largest absolute Gasteiger partial charge is 0.481 e. The zero-order valence-corrected chi connectivity index (χ0v) is 41.9. The van der Waals surface area contributed by atoms with E-state index in [0.717, 1.165) is 93.3 Å². The van der Waals surface area contributed by atoms with E-state index in [1.165, 1.54) is 22.7 Å². The molecule has 8 rings (SSSR count). The van der Waals surface area contributed by atoms with Gasteiger partial charge in [-0.25, -0.2) is 0 Å². The second-order valence-electron chi connectivity index (χ2n) is 17.8. The predicted octanol–water partition coefficient (Wildman–Crippen LogP) is 9.46. The van der Waals surface area contributed by atoms with Crippen molar-refractivity contribution < 1.29 is 29.4 Å². The fourth-order valence-electron chi connectivity index (χ4n) is 8.27. The lowest BCUT2D eigenvalue weighted by atomic mass is 9.98. The predicted molar refractivity (Wildman–Crippen MR) is 273 cm³/mol. The number of carbonyl (C=O) groups is 4. The Morgan fingerprint density at radius 3 is 1.49 bits per heavy atom. The Labute approximate surface area is 416 Å². The second kappa shape index (κ2) is 24.1. The summed E-state index contributed by atoms with van der Waals surface area (Å²) in [7, 11) is 0. The van der Waals surface area contributed by atoms with Crippen LogP contribution in [-0.2, 0) is 45.1 Å². The number of nitrogens with zero attached hydrogens (tertiary/aromatic N) is 8. The number of halogens is 1. The highest BCUT2D eigenvalue weighted by molar-refractivity contribution is 7.19. The summed E-state index contributed by atoms with van der Waals surface area (Å²) in [6, 6.07) is 29.6. The van der Waals surface area contributed by atoms with Crippen molar-refractivity contribution in [3.05, 3.63) is 129 Å². The highest BCUT2D eigenvalue weighted by atomic mass is 35.5. The molecule has 2 aliphatic heterocycles. The summed E-state index contributed by atoms with van der Waals surface area (Å²) in [6.07, 6.45) is 4.29. The number of carboxylic acid groups (broad SMARTS) is 2. The summed E-state index contributed by atoms with van der Waals surface area (Å²) < 4.78 is 0. The van der Waals surface area contributed by atoms with E-state index in [4.69, 9.17) is 21.8 Å². The summed E-state index contributed by atoms with van der Waals surface area (Å²) >= 11 is 9.14. The van der Waals surface area contributed by atoms with Gasteiger partial charge in [0.1, 0.15) is 10.0 Å². The van der Waals surface area contributed by atoms with Crippen LogP contribution in [0.3, 0.4) is 0 Å². The van der Waals surface area contributed by atoms with E-state index in [0.29, 0.717) is 61.0 Å². The van der Waals surface area contributed by atoms with Crippen LogP contribution in [0.25, 0.3) is 21.1 Å². The van der Waals surface area contributed by atoms with Gasteiger partial charge in [0.2, 0.25) is 22.1 Å². The van der Waals surface area contributed by atoms with E-state index in [-0.39, 0.29) is 30.1 Å². The van der Waals surface area contributed by atoms with Crippen LogP contribution in [-0.4, -0.2) is 103 Å². The van der Waals surface area contributed by atoms with Crippen molar-refractivity contribution in [2.75, 3.05) is 49.1 Å². The van der Waals surface area contributed by atoms with Gasteiger partial charge in [-0.05, 0) is 66.1 Å². The van der Waals surface area contributed by atoms with Crippen molar-refractivity contribution in [2.24, 2.45) is 11.8 Å². The number of carbonyl (C=O) groups excluding carboxylic acids is 2. The van der Waals surface area contributed by atoms with Crippen molar-refractivity contribution in [1.82, 2.24) is 30.2 Å². The fraction of sp³-hybridized carbons (Fsp3) is 0.385. The highest BCUT2D eigenvalue weighted by Gasteiger charge is 2.33. The summed E-state index contributed by atoms with van der Waals surface area (Å²) in [4.78, 5) is 56.1. The average molecular weight is 992 g/mol. The van der Waals surface area contributed by atoms with Crippen LogP contribution in [0.1, 0.15) is 72.9 Å². The lowest BCUT2D eigenvalue weighted by Crippen LogP contribution is -2.49. The standard InChI is InChI=1S/C26H29ClN4O3S.C26H30N4O3S/c1-3-4-11-31(23(32)13-19-7-5-6-8-22(19)27)26-29-28-24(35-26)21-10-9-18(12-17(21)2)14-30-15-20(16-30)25(33)34;1-3-4-12-30(23(31)14-19-8-6-5-7-9-19)26-28-27-24(34-26)22-11-10-20(13-18(22)2)15-29-16-21(17-29)25(32)33/h5-10,12,20H,3-4,11,13-16H2,1-2H3,(H,33,34);5-11,13,21H,3-4,12,14-17H2,1-2H3,(H,32,33). The number of rotatable bonds is 20. The first kappa shape index (κ1) is 51.0. The number of aromatic nitrogens is 4. The van der Waals surface area contributed by atoms with Gasteiger partial charge in [-0.1, -0.05) is 146 Å². The first-order valence-corrected chi connectivity index (χ1v) is 25.5. The molecular formula is C52H59ClN8O6S2. The maximum Gasteiger partial charge on any atom is 0.309 e. The number of anilines is 2. The molecule has 0 radical (unpaired) electrons. The van der Waals surface area contributed by atoms with E-state index in [1.54, 1.807) is 15.9 Å². The number of amides is 2. The van der Waals surface area contributed by atoms with Crippen LogP contribution >= 0.6 is 34.3 Å². The van der Waals surface area contributed by atoms with E-state index in [2.05, 4.69) is 68.3 Å². The summed E-state index contributed by atoms with van der Waals surface area (Å²) in [5.41, 5.74) is 8.23. The SMILES string of the molecule is CCCCN(C(=O)Cc1ccccc1)c1nnc(-c2ccc(CN3CC(C(=O)O)C3)cc2C)s1.CCCCN(C(=O)Cc1ccccc1Cl)c1nnc(-c2ccc(CN3CC(C(=O)O)C3)cc2C)s1. The minimum atomic E-state index is -0.724. The Morgan fingerprint density at radius 1 is 0.609 bits per heavy atom. The van der Waals surface area contributed by atoms with Gasteiger partial charge in [0.15, 0.2) is 0 Å². The Morgan fingerprint density at radius 2 is 1.06 bits per heavy atom. The molecule has 2 amide bonds. The van der Waals surface area contributed by atoms with Crippen LogP contribution in [0.2, 0.25) is 5.02 Å². The minimum absolute atomic E-state index is 0.0311. The number of hydrogen-bond donors (Lipinski definition) is 2. The molecule has 4 aromatic carbocycles. The Kier molecular flexibility index (Phi) is 17.8. The maximum absolute atomic E-state index is 13.2. The number of aliphatic carboxylic acids is 2.